The molecule has 1 aromatic rings. The molecule has 23 heavy (non-hydrogen) atoms. The first-order chi connectivity index (χ1) is 10.8. The van der Waals surface area contributed by atoms with E-state index in [4.69, 9.17) is 0 Å². The van der Waals surface area contributed by atoms with Crippen LogP contribution in [0.15, 0.2) is 24.3 Å². The van der Waals surface area contributed by atoms with Gasteiger partial charge in [-0.25, -0.2) is 4.39 Å². The SMILES string of the molecule is CN1CCN(C(C)(C)C(=O)NCC(O)c2ccccc2F)CC1. The van der Waals surface area contributed by atoms with Crippen LogP contribution in [0.2, 0.25) is 0 Å². The molecule has 0 bridgehead atoms. The van der Waals surface area contributed by atoms with E-state index in [1.807, 2.05) is 13.8 Å². The molecule has 0 spiro atoms. The van der Waals surface area contributed by atoms with E-state index in [1.165, 1.54) is 12.1 Å². The Morgan fingerprint density at radius 3 is 2.52 bits per heavy atom. The summed E-state index contributed by atoms with van der Waals surface area (Å²) in [5.41, 5.74) is -0.457. The molecule has 2 rings (SSSR count). The molecule has 0 radical (unpaired) electrons. The number of halogens is 1. The van der Waals surface area contributed by atoms with E-state index in [-0.39, 0.29) is 18.0 Å². The molecule has 1 amide bonds. The van der Waals surface area contributed by atoms with E-state index in [0.717, 1.165) is 26.2 Å². The topological polar surface area (TPSA) is 55.8 Å². The number of amides is 1. The van der Waals surface area contributed by atoms with Crippen LogP contribution in [-0.4, -0.2) is 66.1 Å². The van der Waals surface area contributed by atoms with Gasteiger partial charge in [0.2, 0.25) is 5.91 Å². The molecular weight excluding hydrogens is 297 g/mol. The molecule has 1 unspecified atom stereocenters. The largest absolute Gasteiger partial charge is 0.386 e. The number of aliphatic hydroxyl groups is 1. The predicted molar refractivity (Wildman–Crippen MR) is 87.5 cm³/mol. The third-order valence-electron chi connectivity index (χ3n) is 4.57. The molecule has 1 aromatic carbocycles. The third kappa shape index (κ3) is 4.28. The summed E-state index contributed by atoms with van der Waals surface area (Å²) in [6.45, 7) is 7.26. The average molecular weight is 323 g/mol. The van der Waals surface area contributed by atoms with Gasteiger partial charge in [0.05, 0.1) is 11.6 Å². The van der Waals surface area contributed by atoms with E-state index in [1.54, 1.807) is 12.1 Å². The Balaban J connectivity index is 1.92. The molecule has 0 aromatic heterocycles. The molecular formula is C17H26FN3O2. The molecule has 6 heteroatoms. The second-order valence-electron chi connectivity index (χ2n) is 6.60. The fraction of sp³-hybridized carbons (Fsp3) is 0.588. The van der Waals surface area contributed by atoms with E-state index in [0.29, 0.717) is 0 Å². The zero-order valence-electron chi connectivity index (χ0n) is 14.1. The zero-order valence-corrected chi connectivity index (χ0v) is 14.1. The maximum atomic E-state index is 13.6. The van der Waals surface area contributed by atoms with Crippen molar-refractivity contribution in [2.24, 2.45) is 0 Å². The molecule has 2 N–H and O–H groups in total. The van der Waals surface area contributed by atoms with Crippen molar-refractivity contribution in [2.75, 3.05) is 39.8 Å². The highest BCUT2D eigenvalue weighted by atomic mass is 19.1. The fourth-order valence-electron chi connectivity index (χ4n) is 2.77. The molecule has 1 fully saturated rings. The highest BCUT2D eigenvalue weighted by Gasteiger charge is 2.36. The van der Waals surface area contributed by atoms with E-state index in [9.17, 15) is 14.3 Å². The minimum Gasteiger partial charge on any atom is -0.386 e. The van der Waals surface area contributed by atoms with Crippen molar-refractivity contribution in [3.63, 3.8) is 0 Å². The van der Waals surface area contributed by atoms with Crippen LogP contribution < -0.4 is 5.32 Å². The Morgan fingerprint density at radius 1 is 1.30 bits per heavy atom. The van der Waals surface area contributed by atoms with Crippen LogP contribution in [0.3, 0.4) is 0 Å². The summed E-state index contributed by atoms with van der Waals surface area (Å²) in [6, 6.07) is 6.06. The van der Waals surface area contributed by atoms with E-state index < -0.39 is 17.5 Å². The van der Waals surface area contributed by atoms with E-state index in [2.05, 4.69) is 22.2 Å². The lowest BCUT2D eigenvalue weighted by Gasteiger charge is -2.42. The number of aliphatic hydroxyl groups excluding tert-OH is 1. The van der Waals surface area contributed by atoms with Crippen molar-refractivity contribution in [1.29, 1.82) is 0 Å². The van der Waals surface area contributed by atoms with Gasteiger partial charge in [0.25, 0.3) is 0 Å². The Labute approximate surface area is 137 Å². The molecule has 1 atom stereocenters. The van der Waals surface area contributed by atoms with Crippen molar-refractivity contribution >= 4 is 5.91 Å². The highest BCUT2D eigenvalue weighted by molar-refractivity contribution is 5.85. The molecule has 128 valence electrons. The number of hydrogen-bond acceptors (Lipinski definition) is 4. The molecule has 1 heterocycles. The standard InChI is InChI=1S/C17H26FN3O2/c1-17(2,21-10-8-20(3)9-11-21)16(23)19-12-15(22)13-6-4-5-7-14(13)18/h4-7,15,22H,8-12H2,1-3H3,(H,19,23). The first-order valence-corrected chi connectivity index (χ1v) is 7.96. The van der Waals surface area contributed by atoms with Gasteiger partial charge in [-0.1, -0.05) is 18.2 Å². The maximum Gasteiger partial charge on any atom is 0.240 e. The number of likely N-dealkylation sites (N-methyl/N-ethyl adjacent to an activating group) is 1. The number of nitrogens with one attached hydrogen (secondary N) is 1. The van der Waals surface area contributed by atoms with Gasteiger partial charge in [-0.2, -0.15) is 0 Å². The maximum absolute atomic E-state index is 13.6. The van der Waals surface area contributed by atoms with Crippen molar-refractivity contribution < 1.29 is 14.3 Å². The molecule has 0 saturated carbocycles. The predicted octanol–water partition coefficient (Wildman–Crippen LogP) is 1.00. The van der Waals surface area contributed by atoms with Crippen LogP contribution in [-0.2, 0) is 4.79 Å². The van der Waals surface area contributed by atoms with Crippen molar-refractivity contribution in [2.45, 2.75) is 25.5 Å². The summed E-state index contributed by atoms with van der Waals surface area (Å²) in [4.78, 5) is 16.9. The smallest absolute Gasteiger partial charge is 0.240 e. The van der Waals surface area contributed by atoms with Gasteiger partial charge < -0.3 is 15.3 Å². The Morgan fingerprint density at radius 2 is 1.91 bits per heavy atom. The van der Waals surface area contributed by atoms with Gasteiger partial charge >= 0.3 is 0 Å². The van der Waals surface area contributed by atoms with Gasteiger partial charge in [-0.15, -0.1) is 0 Å². The quantitative estimate of drug-likeness (QED) is 0.849. The molecule has 0 aliphatic carbocycles. The minimum atomic E-state index is -1.05. The van der Waals surface area contributed by atoms with Crippen molar-refractivity contribution in [3.8, 4) is 0 Å². The summed E-state index contributed by atoms with van der Waals surface area (Å²) >= 11 is 0. The van der Waals surface area contributed by atoms with Gasteiger partial charge in [0.15, 0.2) is 0 Å². The number of carbonyl (C=O) groups is 1. The van der Waals surface area contributed by atoms with Crippen LogP contribution in [0.4, 0.5) is 4.39 Å². The molecule has 1 aliphatic rings. The van der Waals surface area contributed by atoms with Gasteiger partial charge in [0, 0.05) is 38.3 Å². The van der Waals surface area contributed by atoms with Crippen LogP contribution in [0.5, 0.6) is 0 Å². The summed E-state index contributed by atoms with van der Waals surface area (Å²) in [7, 11) is 2.06. The summed E-state index contributed by atoms with van der Waals surface area (Å²) in [5, 5.41) is 12.8. The number of piperazine rings is 1. The van der Waals surface area contributed by atoms with Crippen LogP contribution in [0.1, 0.15) is 25.5 Å². The Kier molecular flexibility index (Phi) is 5.73. The van der Waals surface area contributed by atoms with Gasteiger partial charge in [-0.05, 0) is 27.0 Å². The lowest BCUT2D eigenvalue weighted by atomic mass is 10.00. The Bertz CT molecular complexity index is 542. The first-order valence-electron chi connectivity index (χ1n) is 7.96. The highest BCUT2D eigenvalue weighted by Crippen LogP contribution is 2.19. The van der Waals surface area contributed by atoms with E-state index >= 15 is 0 Å². The average Bonchev–Trinajstić information content (AvgIpc) is 2.53. The van der Waals surface area contributed by atoms with Crippen LogP contribution in [0.25, 0.3) is 0 Å². The summed E-state index contributed by atoms with van der Waals surface area (Å²) in [5.74, 6) is -0.620. The number of rotatable bonds is 5. The second-order valence-corrected chi connectivity index (χ2v) is 6.60. The number of carbonyl (C=O) groups excluding carboxylic acids is 1. The van der Waals surface area contributed by atoms with Crippen molar-refractivity contribution in [3.05, 3.63) is 35.6 Å². The zero-order chi connectivity index (χ0) is 17.0. The third-order valence-corrected chi connectivity index (χ3v) is 4.57. The molecule has 1 aliphatic heterocycles. The second kappa shape index (κ2) is 7.38. The number of nitrogens with zero attached hydrogens (tertiary/aromatic N) is 2. The molecule has 1 saturated heterocycles. The first kappa shape index (κ1) is 17.8. The summed E-state index contributed by atoms with van der Waals surface area (Å²) in [6.07, 6.45) is -1.05. The number of benzene rings is 1. The lowest BCUT2D eigenvalue weighted by molar-refractivity contribution is -0.133. The van der Waals surface area contributed by atoms with Gasteiger partial charge in [-0.3, -0.25) is 9.69 Å². The number of hydrogen-bond donors (Lipinski definition) is 2. The van der Waals surface area contributed by atoms with Gasteiger partial charge in [0.1, 0.15) is 5.82 Å². The molecule has 5 nitrogen and oxygen atoms in total. The van der Waals surface area contributed by atoms with Crippen LogP contribution in [0, 0.1) is 5.82 Å². The van der Waals surface area contributed by atoms with Crippen LogP contribution >= 0.6 is 0 Å². The van der Waals surface area contributed by atoms with Crippen molar-refractivity contribution in [1.82, 2.24) is 15.1 Å². The fourth-order valence-corrected chi connectivity index (χ4v) is 2.77. The minimum absolute atomic E-state index is 0.00304. The normalized spacial score (nSPS) is 18.7. The summed E-state index contributed by atoms with van der Waals surface area (Å²) < 4.78 is 13.6. The monoisotopic (exact) mass is 323 g/mol. The lowest BCUT2D eigenvalue weighted by Crippen LogP contribution is -2.60. The Hall–Kier alpha value is -1.50.